The first kappa shape index (κ1) is 20.5. The maximum Gasteiger partial charge on any atom is 0.266 e. The topological polar surface area (TPSA) is 93.6 Å². The van der Waals surface area contributed by atoms with Crippen LogP contribution in [0.5, 0.6) is 0 Å². The van der Waals surface area contributed by atoms with Crippen molar-refractivity contribution in [2.45, 2.75) is 25.9 Å². The molecule has 0 saturated carbocycles. The minimum atomic E-state index is -1.47. The fourth-order valence-electron chi connectivity index (χ4n) is 3.97. The van der Waals surface area contributed by atoms with Crippen LogP contribution in [0.1, 0.15) is 35.5 Å². The highest BCUT2D eigenvalue weighted by Crippen LogP contribution is 2.41. The molecule has 1 atom stereocenters. The van der Waals surface area contributed by atoms with E-state index in [1.54, 1.807) is 60.3 Å². The molecule has 2 N–H and O–H groups in total. The highest BCUT2D eigenvalue weighted by atomic mass is 19.1. The fraction of sp³-hybridized carbons (Fsp3) is 0.217. The Bertz CT molecular complexity index is 1230. The van der Waals surface area contributed by atoms with Gasteiger partial charge in [0.25, 0.3) is 5.91 Å². The normalized spacial score (nSPS) is 18.4. The van der Waals surface area contributed by atoms with E-state index in [2.05, 4.69) is 9.98 Å². The SMILES string of the molecule is CCn1cc([C@]2(c3cccc(-c4cccnc4F)c3)N=C(N)N(C)C2=O)cc1C(C)=O. The van der Waals surface area contributed by atoms with Gasteiger partial charge in [0.1, 0.15) is 0 Å². The molecule has 3 heterocycles. The van der Waals surface area contributed by atoms with E-state index in [-0.39, 0.29) is 17.6 Å². The van der Waals surface area contributed by atoms with E-state index in [0.717, 1.165) is 0 Å². The van der Waals surface area contributed by atoms with Gasteiger partial charge in [0.2, 0.25) is 5.95 Å². The van der Waals surface area contributed by atoms with Crippen LogP contribution >= 0.6 is 0 Å². The predicted octanol–water partition coefficient (Wildman–Crippen LogP) is 2.94. The van der Waals surface area contributed by atoms with E-state index in [0.29, 0.717) is 34.5 Å². The summed E-state index contributed by atoms with van der Waals surface area (Å²) in [6, 6.07) is 11.9. The number of carbonyl (C=O) groups excluding carboxylic acids is 2. The Labute approximate surface area is 179 Å². The summed E-state index contributed by atoms with van der Waals surface area (Å²) >= 11 is 0. The number of ketones is 1. The molecule has 0 bridgehead atoms. The third-order valence-corrected chi connectivity index (χ3v) is 5.61. The number of aryl methyl sites for hydroxylation is 1. The standard InChI is InChI=1S/C23H22FN5O2/c1-4-29-13-17(12-19(29)14(2)30)23(21(31)28(3)22(25)27-23)16-8-5-7-15(11-16)18-9-6-10-26-20(18)24/h5-13H,4H2,1-3H3,(H2,25,27)/t23-/m0/s1. The number of nitrogens with zero attached hydrogens (tertiary/aromatic N) is 4. The van der Waals surface area contributed by atoms with Crippen LogP contribution in [-0.4, -0.2) is 39.1 Å². The molecule has 0 aliphatic carbocycles. The summed E-state index contributed by atoms with van der Waals surface area (Å²) in [5.41, 5.74) is 6.96. The average molecular weight is 419 g/mol. The average Bonchev–Trinajstić information content (AvgIpc) is 3.30. The van der Waals surface area contributed by atoms with Gasteiger partial charge in [-0.15, -0.1) is 0 Å². The van der Waals surface area contributed by atoms with E-state index in [1.807, 2.05) is 6.92 Å². The number of halogens is 1. The number of Topliss-reactive ketones (excluding diaryl/α,β-unsaturated/α-hetero) is 1. The number of benzene rings is 1. The van der Waals surface area contributed by atoms with Crippen molar-refractivity contribution in [3.63, 3.8) is 0 Å². The van der Waals surface area contributed by atoms with Crippen LogP contribution in [0, 0.1) is 5.95 Å². The predicted molar refractivity (Wildman–Crippen MR) is 115 cm³/mol. The van der Waals surface area contributed by atoms with Crippen molar-refractivity contribution >= 4 is 17.6 Å². The van der Waals surface area contributed by atoms with Crippen molar-refractivity contribution in [3.8, 4) is 11.1 Å². The quantitative estimate of drug-likeness (QED) is 0.508. The van der Waals surface area contributed by atoms with E-state index in [9.17, 15) is 14.0 Å². The molecule has 4 rings (SSSR count). The summed E-state index contributed by atoms with van der Waals surface area (Å²) in [5.74, 6) is -1.01. The summed E-state index contributed by atoms with van der Waals surface area (Å²) in [6.07, 6.45) is 3.13. The van der Waals surface area contributed by atoms with Crippen molar-refractivity contribution in [3.05, 3.63) is 77.6 Å². The molecular formula is C23H22FN5O2. The summed E-state index contributed by atoms with van der Waals surface area (Å²) in [5, 5.41) is 0. The Hall–Kier alpha value is -3.81. The molecule has 1 aliphatic rings. The van der Waals surface area contributed by atoms with Gasteiger partial charge in [-0.1, -0.05) is 18.2 Å². The molecule has 31 heavy (non-hydrogen) atoms. The summed E-state index contributed by atoms with van der Waals surface area (Å²) in [4.78, 5) is 35.2. The number of likely N-dealkylation sites (N-methyl/N-ethyl adjacent to an activating group) is 1. The molecule has 1 amide bonds. The lowest BCUT2D eigenvalue weighted by Crippen LogP contribution is -2.41. The lowest BCUT2D eigenvalue weighted by Gasteiger charge is -2.25. The molecule has 1 aliphatic heterocycles. The number of aromatic nitrogens is 2. The molecular weight excluding hydrogens is 397 g/mol. The number of amides is 1. The number of nitrogens with two attached hydrogens (primary N) is 1. The molecule has 3 aromatic rings. The largest absolute Gasteiger partial charge is 0.369 e. The van der Waals surface area contributed by atoms with Gasteiger partial charge in [0, 0.05) is 44.0 Å². The van der Waals surface area contributed by atoms with Crippen molar-refractivity contribution in [2.75, 3.05) is 7.05 Å². The van der Waals surface area contributed by atoms with Gasteiger partial charge >= 0.3 is 0 Å². The van der Waals surface area contributed by atoms with Gasteiger partial charge in [0.15, 0.2) is 17.3 Å². The fourth-order valence-corrected chi connectivity index (χ4v) is 3.97. The van der Waals surface area contributed by atoms with Crippen LogP contribution in [0.3, 0.4) is 0 Å². The molecule has 0 radical (unpaired) electrons. The molecule has 7 nitrogen and oxygen atoms in total. The molecule has 1 aromatic carbocycles. The highest BCUT2D eigenvalue weighted by molar-refractivity contribution is 6.09. The maximum absolute atomic E-state index is 14.3. The van der Waals surface area contributed by atoms with Crippen LogP contribution in [0.4, 0.5) is 4.39 Å². The summed E-state index contributed by atoms with van der Waals surface area (Å²) < 4.78 is 16.1. The van der Waals surface area contributed by atoms with Crippen molar-refractivity contribution in [1.82, 2.24) is 14.5 Å². The lowest BCUT2D eigenvalue weighted by atomic mass is 9.83. The van der Waals surface area contributed by atoms with Crippen LogP contribution < -0.4 is 5.73 Å². The van der Waals surface area contributed by atoms with E-state index >= 15 is 0 Å². The molecule has 0 spiro atoms. The van der Waals surface area contributed by atoms with E-state index in [1.165, 1.54) is 18.0 Å². The minimum absolute atomic E-state index is 0.0663. The van der Waals surface area contributed by atoms with Gasteiger partial charge in [-0.05, 0) is 42.3 Å². The van der Waals surface area contributed by atoms with Crippen molar-refractivity contribution in [2.24, 2.45) is 10.7 Å². The zero-order chi connectivity index (χ0) is 22.3. The number of aliphatic imine (C=N–C) groups is 1. The molecule has 2 aromatic heterocycles. The van der Waals surface area contributed by atoms with Crippen LogP contribution in [0.15, 0.2) is 59.9 Å². The maximum atomic E-state index is 14.3. The number of carbonyl (C=O) groups is 2. The Kier molecular flexibility index (Phi) is 4.93. The number of pyridine rings is 1. The van der Waals surface area contributed by atoms with Gasteiger partial charge < -0.3 is 10.3 Å². The zero-order valence-corrected chi connectivity index (χ0v) is 17.5. The Morgan fingerprint density at radius 2 is 1.97 bits per heavy atom. The van der Waals surface area contributed by atoms with Crippen LogP contribution in [0.2, 0.25) is 0 Å². The molecule has 8 heteroatoms. The van der Waals surface area contributed by atoms with Gasteiger partial charge in [-0.2, -0.15) is 4.39 Å². The van der Waals surface area contributed by atoms with Crippen molar-refractivity contribution in [1.29, 1.82) is 0 Å². The van der Waals surface area contributed by atoms with Crippen molar-refractivity contribution < 1.29 is 14.0 Å². The van der Waals surface area contributed by atoms with Crippen LogP contribution in [-0.2, 0) is 16.9 Å². The number of rotatable bonds is 5. The molecule has 158 valence electrons. The first-order chi connectivity index (χ1) is 14.8. The van der Waals surface area contributed by atoms with Gasteiger partial charge in [-0.3, -0.25) is 14.5 Å². The smallest absolute Gasteiger partial charge is 0.266 e. The number of hydrogen-bond acceptors (Lipinski definition) is 5. The Balaban J connectivity index is 1.97. The Morgan fingerprint density at radius 3 is 2.55 bits per heavy atom. The summed E-state index contributed by atoms with van der Waals surface area (Å²) in [6.45, 7) is 3.94. The summed E-state index contributed by atoms with van der Waals surface area (Å²) in [7, 11) is 1.55. The van der Waals surface area contributed by atoms with E-state index < -0.39 is 11.5 Å². The molecule has 0 unspecified atom stereocenters. The second-order valence-electron chi connectivity index (χ2n) is 7.42. The highest BCUT2D eigenvalue weighted by Gasteiger charge is 2.50. The number of hydrogen-bond donors (Lipinski definition) is 1. The monoisotopic (exact) mass is 419 g/mol. The Morgan fingerprint density at radius 1 is 1.19 bits per heavy atom. The first-order valence-electron chi connectivity index (χ1n) is 9.86. The minimum Gasteiger partial charge on any atom is -0.369 e. The second-order valence-corrected chi connectivity index (χ2v) is 7.42. The van der Waals surface area contributed by atoms with Gasteiger partial charge in [-0.25, -0.2) is 9.98 Å². The number of guanidine groups is 1. The van der Waals surface area contributed by atoms with E-state index in [4.69, 9.17) is 5.73 Å². The third kappa shape index (κ3) is 3.11. The van der Waals surface area contributed by atoms with Crippen LogP contribution in [0.25, 0.3) is 11.1 Å². The first-order valence-corrected chi connectivity index (χ1v) is 9.86. The molecule has 0 fully saturated rings. The second kappa shape index (κ2) is 7.46. The lowest BCUT2D eigenvalue weighted by molar-refractivity contribution is -0.129. The third-order valence-electron chi connectivity index (χ3n) is 5.61. The van der Waals surface area contributed by atoms with Gasteiger partial charge in [0.05, 0.1) is 5.69 Å². The zero-order valence-electron chi connectivity index (χ0n) is 17.5. The molecule has 0 saturated heterocycles.